The molecule has 6 nitrogen and oxygen atoms in total. The average Bonchev–Trinajstić information content (AvgIpc) is 3.10. The molecule has 2 fully saturated rings. The smallest absolute Gasteiger partial charge is 0.315 e. The van der Waals surface area contributed by atoms with E-state index in [1.54, 1.807) is 0 Å². The summed E-state index contributed by atoms with van der Waals surface area (Å²) in [6.07, 6.45) is 10.2. The molecule has 134 valence electrons. The fourth-order valence-corrected chi connectivity index (χ4v) is 3.95. The van der Waals surface area contributed by atoms with Crippen LogP contribution in [-0.2, 0) is 6.54 Å². The van der Waals surface area contributed by atoms with Gasteiger partial charge in [0.2, 0.25) is 0 Å². The van der Waals surface area contributed by atoms with Crippen LogP contribution in [0.2, 0.25) is 0 Å². The zero-order chi connectivity index (χ0) is 16.8. The van der Waals surface area contributed by atoms with E-state index in [1.165, 1.54) is 6.42 Å². The molecule has 3 N–H and O–H groups in total. The SMILES string of the molecule is O=C(NCCn1cccc1)NC1CCN(C2CCCCC2O)CC1. The lowest BCUT2D eigenvalue weighted by atomic mass is 9.89. The first-order chi connectivity index (χ1) is 11.7. The Bertz CT molecular complexity index is 497. The Labute approximate surface area is 144 Å². The van der Waals surface area contributed by atoms with Crippen molar-refractivity contribution in [3.8, 4) is 0 Å². The Morgan fingerprint density at radius 2 is 1.79 bits per heavy atom. The molecule has 0 spiro atoms. The molecule has 2 unspecified atom stereocenters. The van der Waals surface area contributed by atoms with Crippen LogP contribution >= 0.6 is 0 Å². The lowest BCUT2D eigenvalue weighted by Crippen LogP contribution is -2.53. The number of amides is 2. The van der Waals surface area contributed by atoms with Crippen LogP contribution in [0.15, 0.2) is 24.5 Å². The van der Waals surface area contributed by atoms with Crippen LogP contribution in [0, 0.1) is 0 Å². The molecule has 1 aliphatic carbocycles. The van der Waals surface area contributed by atoms with E-state index in [4.69, 9.17) is 0 Å². The molecule has 2 aliphatic rings. The number of aliphatic hydroxyl groups is 1. The van der Waals surface area contributed by atoms with Crippen LogP contribution < -0.4 is 10.6 Å². The molecule has 2 atom stereocenters. The monoisotopic (exact) mass is 334 g/mol. The maximum absolute atomic E-state index is 12.0. The third kappa shape index (κ3) is 4.74. The van der Waals surface area contributed by atoms with E-state index >= 15 is 0 Å². The van der Waals surface area contributed by atoms with E-state index in [-0.39, 0.29) is 18.2 Å². The zero-order valence-electron chi connectivity index (χ0n) is 14.4. The highest BCUT2D eigenvalue weighted by Crippen LogP contribution is 2.25. The molecular formula is C18H30N4O2. The van der Waals surface area contributed by atoms with Gasteiger partial charge in [0.25, 0.3) is 0 Å². The van der Waals surface area contributed by atoms with E-state index in [2.05, 4.69) is 15.5 Å². The number of aliphatic hydroxyl groups excluding tert-OH is 1. The number of nitrogens with zero attached hydrogens (tertiary/aromatic N) is 2. The molecular weight excluding hydrogens is 304 g/mol. The van der Waals surface area contributed by atoms with Gasteiger partial charge in [-0.05, 0) is 37.8 Å². The highest BCUT2D eigenvalue weighted by Gasteiger charge is 2.31. The van der Waals surface area contributed by atoms with Gasteiger partial charge in [-0.25, -0.2) is 4.79 Å². The molecule has 1 aromatic heterocycles. The molecule has 0 radical (unpaired) electrons. The second-order valence-corrected chi connectivity index (χ2v) is 7.05. The van der Waals surface area contributed by atoms with Gasteiger partial charge in [0.05, 0.1) is 6.10 Å². The van der Waals surface area contributed by atoms with E-state index in [1.807, 2.05) is 29.1 Å². The van der Waals surface area contributed by atoms with Crippen LogP contribution in [0.3, 0.4) is 0 Å². The number of likely N-dealkylation sites (tertiary alicyclic amines) is 1. The number of hydrogen-bond donors (Lipinski definition) is 3. The second-order valence-electron chi connectivity index (χ2n) is 7.05. The zero-order valence-corrected chi connectivity index (χ0v) is 14.4. The van der Waals surface area contributed by atoms with Gasteiger partial charge in [0.1, 0.15) is 0 Å². The Kier molecular flexibility index (Phi) is 6.15. The third-order valence-electron chi connectivity index (χ3n) is 5.35. The molecule has 2 heterocycles. The number of urea groups is 1. The van der Waals surface area contributed by atoms with Crippen molar-refractivity contribution in [1.82, 2.24) is 20.1 Å². The molecule has 3 rings (SSSR count). The first-order valence-corrected chi connectivity index (χ1v) is 9.29. The van der Waals surface area contributed by atoms with Crippen LogP contribution in [0.5, 0.6) is 0 Å². The molecule has 1 aliphatic heterocycles. The van der Waals surface area contributed by atoms with E-state index in [9.17, 15) is 9.90 Å². The van der Waals surface area contributed by atoms with E-state index < -0.39 is 0 Å². The summed E-state index contributed by atoms with van der Waals surface area (Å²) in [5, 5.41) is 16.2. The van der Waals surface area contributed by atoms with Crippen molar-refractivity contribution < 1.29 is 9.90 Å². The van der Waals surface area contributed by atoms with Crippen LogP contribution in [-0.4, -0.2) is 58.4 Å². The molecule has 0 aromatic carbocycles. The second kappa shape index (κ2) is 8.53. The molecule has 1 aromatic rings. The highest BCUT2D eigenvalue weighted by atomic mass is 16.3. The van der Waals surface area contributed by atoms with E-state index in [0.717, 1.165) is 51.7 Å². The third-order valence-corrected chi connectivity index (χ3v) is 5.35. The Hall–Kier alpha value is -1.53. The number of carbonyl (C=O) groups is 1. The van der Waals surface area contributed by atoms with Crippen LogP contribution in [0.25, 0.3) is 0 Å². The number of hydrogen-bond acceptors (Lipinski definition) is 3. The first-order valence-electron chi connectivity index (χ1n) is 9.29. The van der Waals surface area contributed by atoms with Gasteiger partial charge >= 0.3 is 6.03 Å². The van der Waals surface area contributed by atoms with Gasteiger partial charge in [0.15, 0.2) is 0 Å². The van der Waals surface area contributed by atoms with Gasteiger partial charge in [0, 0.05) is 50.7 Å². The van der Waals surface area contributed by atoms with Crippen molar-refractivity contribution in [2.75, 3.05) is 19.6 Å². The summed E-state index contributed by atoms with van der Waals surface area (Å²) < 4.78 is 2.05. The summed E-state index contributed by atoms with van der Waals surface area (Å²) in [5.74, 6) is 0. The number of rotatable bonds is 5. The maximum atomic E-state index is 12.0. The van der Waals surface area contributed by atoms with Crippen molar-refractivity contribution in [2.24, 2.45) is 0 Å². The lowest BCUT2D eigenvalue weighted by Gasteiger charge is -2.41. The summed E-state index contributed by atoms with van der Waals surface area (Å²) in [5.41, 5.74) is 0. The van der Waals surface area contributed by atoms with Crippen molar-refractivity contribution >= 4 is 6.03 Å². The van der Waals surface area contributed by atoms with E-state index in [0.29, 0.717) is 12.6 Å². The predicted molar refractivity (Wildman–Crippen MR) is 93.8 cm³/mol. The molecule has 6 heteroatoms. The molecule has 24 heavy (non-hydrogen) atoms. The molecule has 1 saturated heterocycles. The fourth-order valence-electron chi connectivity index (χ4n) is 3.95. The number of piperidine rings is 1. The quantitative estimate of drug-likeness (QED) is 0.765. The van der Waals surface area contributed by atoms with Gasteiger partial charge in [-0.3, -0.25) is 4.90 Å². The lowest BCUT2D eigenvalue weighted by molar-refractivity contribution is 0.00777. The van der Waals surface area contributed by atoms with Gasteiger partial charge in [-0.1, -0.05) is 12.8 Å². The number of nitrogens with one attached hydrogen (secondary N) is 2. The molecule has 0 bridgehead atoms. The first kappa shape index (κ1) is 17.3. The average molecular weight is 334 g/mol. The maximum Gasteiger partial charge on any atom is 0.315 e. The standard InChI is InChI=1S/C18H30N4O2/c23-17-6-2-1-5-16(17)22-12-7-15(8-13-22)20-18(24)19-9-14-21-10-3-4-11-21/h3-4,10-11,15-17,23H,1-2,5-9,12-14H2,(H2,19,20,24). The van der Waals surface area contributed by atoms with Crippen LogP contribution in [0.4, 0.5) is 4.79 Å². The number of aromatic nitrogens is 1. The van der Waals surface area contributed by atoms with Crippen molar-refractivity contribution in [2.45, 2.75) is 63.3 Å². The summed E-state index contributed by atoms with van der Waals surface area (Å²) in [6.45, 7) is 3.36. The molecule has 2 amide bonds. The minimum atomic E-state index is -0.166. The summed E-state index contributed by atoms with van der Waals surface area (Å²) in [4.78, 5) is 14.4. The minimum Gasteiger partial charge on any atom is -0.391 e. The van der Waals surface area contributed by atoms with Crippen LogP contribution in [0.1, 0.15) is 38.5 Å². The van der Waals surface area contributed by atoms with Gasteiger partial charge in [-0.2, -0.15) is 0 Å². The van der Waals surface area contributed by atoms with Gasteiger partial charge < -0.3 is 20.3 Å². The largest absolute Gasteiger partial charge is 0.391 e. The highest BCUT2D eigenvalue weighted by molar-refractivity contribution is 5.74. The fraction of sp³-hybridized carbons (Fsp3) is 0.722. The predicted octanol–water partition coefficient (Wildman–Crippen LogP) is 1.56. The van der Waals surface area contributed by atoms with Crippen molar-refractivity contribution in [3.05, 3.63) is 24.5 Å². The Balaban J connectivity index is 1.33. The Morgan fingerprint density at radius 3 is 2.50 bits per heavy atom. The van der Waals surface area contributed by atoms with Gasteiger partial charge in [-0.15, -0.1) is 0 Å². The summed E-state index contributed by atoms with van der Waals surface area (Å²) in [6, 6.07) is 4.47. The summed E-state index contributed by atoms with van der Waals surface area (Å²) in [7, 11) is 0. The molecule has 1 saturated carbocycles. The van der Waals surface area contributed by atoms with Crippen molar-refractivity contribution in [3.63, 3.8) is 0 Å². The van der Waals surface area contributed by atoms with Crippen molar-refractivity contribution in [1.29, 1.82) is 0 Å². The normalized spacial score (nSPS) is 26.2. The Morgan fingerprint density at radius 1 is 1.08 bits per heavy atom. The minimum absolute atomic E-state index is 0.0710. The topological polar surface area (TPSA) is 69.5 Å². The number of carbonyl (C=O) groups excluding carboxylic acids is 1. The summed E-state index contributed by atoms with van der Waals surface area (Å²) >= 11 is 0.